The molecular weight excluding hydrogens is 352 g/mol. The maximum Gasteiger partial charge on any atom is 0.185 e. The number of rotatable bonds is 4. The zero-order valence-electron chi connectivity index (χ0n) is 18.6. The second kappa shape index (κ2) is 8.95. The maximum atomic E-state index is 13.3. The van der Waals surface area contributed by atoms with Gasteiger partial charge in [0.15, 0.2) is 5.78 Å². The highest BCUT2D eigenvalue weighted by Crippen LogP contribution is 2.42. The van der Waals surface area contributed by atoms with Gasteiger partial charge in [0.05, 0.1) is 0 Å². The SMILES string of the molecule is CCc1ccc(/C=C2\CC(C(C)(C)C)C/C(=C\c3ccc(CC)cc3)C2=O)cc1. The molecule has 0 heterocycles. The van der Waals surface area contributed by atoms with Gasteiger partial charge >= 0.3 is 0 Å². The number of ketones is 1. The molecule has 1 nitrogen and oxygen atoms in total. The van der Waals surface area contributed by atoms with Gasteiger partial charge in [0.2, 0.25) is 0 Å². The van der Waals surface area contributed by atoms with Gasteiger partial charge in [-0.15, -0.1) is 0 Å². The molecule has 0 unspecified atom stereocenters. The molecule has 1 heteroatoms. The minimum atomic E-state index is 0.164. The maximum absolute atomic E-state index is 13.3. The van der Waals surface area contributed by atoms with Gasteiger partial charge in [-0.3, -0.25) is 4.79 Å². The van der Waals surface area contributed by atoms with Crippen molar-refractivity contribution >= 4 is 17.9 Å². The fraction of sp³-hybridized carbons (Fsp3) is 0.393. The number of allylic oxidation sites excluding steroid dienone is 2. The zero-order chi connectivity index (χ0) is 21.0. The molecule has 1 aliphatic rings. The first-order valence-electron chi connectivity index (χ1n) is 10.9. The normalized spacial score (nSPS) is 20.4. The molecule has 152 valence electrons. The first-order chi connectivity index (χ1) is 13.8. The van der Waals surface area contributed by atoms with Crippen LogP contribution in [0.5, 0.6) is 0 Å². The highest BCUT2D eigenvalue weighted by molar-refractivity contribution is 6.14. The molecule has 3 rings (SSSR count). The summed E-state index contributed by atoms with van der Waals surface area (Å²) in [7, 11) is 0. The van der Waals surface area contributed by atoms with Crippen molar-refractivity contribution in [2.45, 2.75) is 60.3 Å². The number of Topliss-reactive ketones (excluding diaryl/α,β-unsaturated/α-hetero) is 1. The van der Waals surface area contributed by atoms with E-state index in [2.05, 4.69) is 95.3 Å². The van der Waals surface area contributed by atoms with Crippen LogP contribution in [0, 0.1) is 11.3 Å². The number of carbonyl (C=O) groups is 1. The predicted octanol–water partition coefficient (Wildman–Crippen LogP) is 7.30. The van der Waals surface area contributed by atoms with E-state index in [1.165, 1.54) is 11.1 Å². The lowest BCUT2D eigenvalue weighted by atomic mass is 9.68. The summed E-state index contributed by atoms with van der Waals surface area (Å²) >= 11 is 0. The molecule has 0 aliphatic heterocycles. The van der Waals surface area contributed by atoms with Crippen LogP contribution >= 0.6 is 0 Å². The first kappa shape index (κ1) is 21.3. The Morgan fingerprint density at radius 2 is 1.14 bits per heavy atom. The summed E-state index contributed by atoms with van der Waals surface area (Å²) in [6.45, 7) is 11.2. The molecule has 1 aliphatic carbocycles. The monoisotopic (exact) mass is 386 g/mol. The largest absolute Gasteiger partial charge is 0.289 e. The van der Waals surface area contributed by atoms with Crippen molar-refractivity contribution < 1.29 is 4.79 Å². The van der Waals surface area contributed by atoms with E-state index in [9.17, 15) is 4.79 Å². The predicted molar refractivity (Wildman–Crippen MR) is 125 cm³/mol. The lowest BCUT2D eigenvalue weighted by molar-refractivity contribution is -0.113. The molecule has 0 radical (unpaired) electrons. The third-order valence-electron chi connectivity index (χ3n) is 6.20. The molecule has 0 amide bonds. The summed E-state index contributed by atoms with van der Waals surface area (Å²) in [5, 5.41) is 0. The molecule has 29 heavy (non-hydrogen) atoms. The quantitative estimate of drug-likeness (QED) is 0.504. The van der Waals surface area contributed by atoms with Crippen LogP contribution in [-0.4, -0.2) is 5.78 Å². The topological polar surface area (TPSA) is 17.1 Å². The standard InChI is InChI=1S/C28H34O/c1-6-20-8-12-22(13-9-20)16-24-18-26(28(3,4)5)19-25(27(24)29)17-23-14-10-21(7-2)11-15-23/h8-17,26H,6-7,18-19H2,1-5H3/b24-16+,25-17+. The van der Waals surface area contributed by atoms with E-state index in [1.54, 1.807) is 0 Å². The Morgan fingerprint density at radius 1 is 0.759 bits per heavy atom. The molecule has 2 aromatic rings. The Bertz CT molecular complexity index is 833. The molecule has 0 bridgehead atoms. The van der Waals surface area contributed by atoms with Crippen molar-refractivity contribution in [1.82, 2.24) is 0 Å². The molecule has 0 atom stereocenters. The summed E-state index contributed by atoms with van der Waals surface area (Å²) in [6, 6.07) is 17.2. The van der Waals surface area contributed by atoms with E-state index in [4.69, 9.17) is 0 Å². The summed E-state index contributed by atoms with van der Waals surface area (Å²) < 4.78 is 0. The fourth-order valence-corrected chi connectivity index (χ4v) is 3.96. The Labute approximate surface area is 176 Å². The molecule has 2 aromatic carbocycles. The summed E-state index contributed by atoms with van der Waals surface area (Å²) in [5.41, 5.74) is 6.93. The fourth-order valence-electron chi connectivity index (χ4n) is 3.96. The highest BCUT2D eigenvalue weighted by atomic mass is 16.1. The van der Waals surface area contributed by atoms with Crippen LogP contribution in [0.15, 0.2) is 59.7 Å². The van der Waals surface area contributed by atoms with E-state index in [0.717, 1.165) is 48.0 Å². The lowest BCUT2D eigenvalue weighted by Gasteiger charge is -2.35. The molecule has 1 fully saturated rings. The summed E-state index contributed by atoms with van der Waals surface area (Å²) in [6.07, 6.45) is 7.98. The van der Waals surface area contributed by atoms with Crippen LogP contribution in [0.2, 0.25) is 0 Å². The molecule has 0 aromatic heterocycles. The van der Waals surface area contributed by atoms with Gasteiger partial charge in [-0.2, -0.15) is 0 Å². The zero-order valence-corrected chi connectivity index (χ0v) is 18.6. The summed E-state index contributed by atoms with van der Waals surface area (Å²) in [4.78, 5) is 13.3. The van der Waals surface area contributed by atoms with Crippen molar-refractivity contribution in [3.63, 3.8) is 0 Å². The van der Waals surface area contributed by atoms with Gasteiger partial charge in [0.1, 0.15) is 0 Å². The molecule has 0 spiro atoms. The number of hydrogen-bond donors (Lipinski definition) is 0. The van der Waals surface area contributed by atoms with E-state index in [0.29, 0.717) is 5.92 Å². The Kier molecular flexibility index (Phi) is 6.57. The van der Waals surface area contributed by atoms with Crippen LogP contribution in [0.4, 0.5) is 0 Å². The minimum Gasteiger partial charge on any atom is -0.289 e. The van der Waals surface area contributed by atoms with Gasteiger partial charge in [-0.05, 0) is 71.4 Å². The highest BCUT2D eigenvalue weighted by Gasteiger charge is 2.34. The van der Waals surface area contributed by atoms with Gasteiger partial charge in [0, 0.05) is 11.1 Å². The Balaban J connectivity index is 1.96. The van der Waals surface area contributed by atoms with Crippen LogP contribution in [0.1, 0.15) is 69.7 Å². The second-order valence-electron chi connectivity index (χ2n) is 9.33. The average molecular weight is 387 g/mol. The average Bonchev–Trinajstić information content (AvgIpc) is 2.71. The van der Waals surface area contributed by atoms with Crippen LogP contribution in [-0.2, 0) is 17.6 Å². The van der Waals surface area contributed by atoms with Gasteiger partial charge in [0.25, 0.3) is 0 Å². The minimum absolute atomic E-state index is 0.164. The number of benzene rings is 2. The smallest absolute Gasteiger partial charge is 0.185 e. The third-order valence-corrected chi connectivity index (χ3v) is 6.20. The first-order valence-corrected chi connectivity index (χ1v) is 10.9. The Morgan fingerprint density at radius 3 is 1.45 bits per heavy atom. The molecule has 0 saturated heterocycles. The van der Waals surface area contributed by atoms with Crippen molar-refractivity contribution in [3.8, 4) is 0 Å². The number of carbonyl (C=O) groups excluding carboxylic acids is 1. The van der Waals surface area contributed by atoms with Crippen molar-refractivity contribution in [2.24, 2.45) is 11.3 Å². The number of hydrogen-bond acceptors (Lipinski definition) is 1. The van der Waals surface area contributed by atoms with Gasteiger partial charge in [-0.1, -0.05) is 83.1 Å². The number of aryl methyl sites for hydroxylation is 2. The van der Waals surface area contributed by atoms with Crippen LogP contribution in [0.25, 0.3) is 12.2 Å². The Hall–Kier alpha value is -2.41. The summed E-state index contributed by atoms with van der Waals surface area (Å²) in [5.74, 6) is 0.673. The van der Waals surface area contributed by atoms with Crippen molar-refractivity contribution in [2.75, 3.05) is 0 Å². The van der Waals surface area contributed by atoms with Crippen LogP contribution < -0.4 is 0 Å². The molecule has 0 N–H and O–H groups in total. The van der Waals surface area contributed by atoms with Crippen LogP contribution in [0.3, 0.4) is 0 Å². The van der Waals surface area contributed by atoms with E-state index in [-0.39, 0.29) is 11.2 Å². The second-order valence-corrected chi connectivity index (χ2v) is 9.33. The molecule has 1 saturated carbocycles. The van der Waals surface area contributed by atoms with Crippen molar-refractivity contribution in [3.05, 3.63) is 81.9 Å². The third kappa shape index (κ3) is 5.35. The van der Waals surface area contributed by atoms with Crippen molar-refractivity contribution in [1.29, 1.82) is 0 Å². The molecular formula is C28H34O. The van der Waals surface area contributed by atoms with Gasteiger partial charge in [-0.25, -0.2) is 0 Å². The van der Waals surface area contributed by atoms with E-state index >= 15 is 0 Å². The van der Waals surface area contributed by atoms with Gasteiger partial charge < -0.3 is 0 Å². The van der Waals surface area contributed by atoms with E-state index < -0.39 is 0 Å². The van der Waals surface area contributed by atoms with E-state index in [1.807, 2.05) is 0 Å². The lowest BCUT2D eigenvalue weighted by Crippen LogP contribution is -2.29.